The van der Waals surface area contributed by atoms with Crippen molar-refractivity contribution in [3.8, 4) is 0 Å². The molecule has 14 nitrogen and oxygen atoms in total. The Morgan fingerprint density at radius 1 is 0.451 bits per heavy atom. The first-order valence-electron chi connectivity index (χ1n) is 32.1. The monoisotopic (exact) mass is 1150 g/mol. The first-order chi connectivity index (χ1) is 40.1. The van der Waals surface area contributed by atoms with Gasteiger partial charge in [0.05, 0.1) is 32.0 Å². The van der Waals surface area contributed by atoms with Crippen LogP contribution in [-0.4, -0.2) is 140 Å². The molecule has 0 aromatic carbocycles. The standard InChI is InChI=1S/C68H115NO13/c1-3-5-7-9-11-13-15-16-17-18-19-20-21-22-23-24-25-26-27-28-29-30-31-32-33-34-35-36-37-38-39-40-42-44-46-48-50-52-60(73)69-56(57(72)51-49-47-45-43-41-14-12-10-8-6-4-2)55-79-67-65(78)63(76)66(59(54-71)81-67)82-68-64(77)62(75)61(74)58(53-70)80-68/h5,7,11,13,16-17,19-20,22-23,25-26,28-29,41,43,49,51,56-59,61-68,70-72,74-78H,3-4,6,8-10,12,14-15,18,21,24,27,30-40,42,44-48,50,52-55H2,1-2H3,(H,69,73)/b7-5-,13-11-,17-16-,20-19-,23-22-,26-25-,29-28-,43-41+,51-49+. The molecule has 82 heavy (non-hydrogen) atoms. The Morgan fingerprint density at radius 3 is 1.34 bits per heavy atom. The number of carbonyl (C=O) groups is 1. The fourth-order valence-corrected chi connectivity index (χ4v) is 9.82. The van der Waals surface area contributed by atoms with Crippen LogP contribution in [0.4, 0.5) is 0 Å². The lowest BCUT2D eigenvalue weighted by Crippen LogP contribution is -2.65. The number of unbranched alkanes of at least 4 members (excludes halogenated alkanes) is 21. The second-order valence-corrected chi connectivity index (χ2v) is 22.1. The molecule has 0 radical (unpaired) electrons. The van der Waals surface area contributed by atoms with Crippen molar-refractivity contribution in [3.63, 3.8) is 0 Å². The predicted molar refractivity (Wildman–Crippen MR) is 332 cm³/mol. The zero-order valence-electron chi connectivity index (χ0n) is 50.7. The summed E-state index contributed by atoms with van der Waals surface area (Å²) in [5, 5.41) is 87.0. The number of carbonyl (C=O) groups excluding carboxylic acids is 1. The average molecular weight is 1150 g/mol. The zero-order valence-corrected chi connectivity index (χ0v) is 50.7. The molecule has 0 bridgehead atoms. The maximum atomic E-state index is 13.2. The van der Waals surface area contributed by atoms with E-state index in [-0.39, 0.29) is 18.9 Å². The Bertz CT molecular complexity index is 1790. The van der Waals surface area contributed by atoms with Crippen molar-refractivity contribution < 1.29 is 64.6 Å². The minimum atomic E-state index is -1.79. The SMILES string of the molecule is CC/C=C\C/C=C\C/C=C\C/C=C\C/C=C\C/C=C\C/C=C\CCCCCCCCCCCCCCCCCC(=O)NC(COC1OC(CO)C(OC2OC(CO)C(O)C(O)C2O)C(O)C1O)C(O)/C=C/CC/C=C/CCCCCCC. The normalized spacial score (nSPS) is 24.7. The number of hydrogen-bond donors (Lipinski definition) is 9. The van der Waals surface area contributed by atoms with Crippen LogP contribution in [0.25, 0.3) is 0 Å². The molecule has 2 aliphatic heterocycles. The Balaban J connectivity index is 1.60. The van der Waals surface area contributed by atoms with Crippen molar-refractivity contribution in [1.82, 2.24) is 5.32 Å². The summed E-state index contributed by atoms with van der Waals surface area (Å²) in [6.45, 7) is 2.62. The van der Waals surface area contributed by atoms with Crippen molar-refractivity contribution in [2.45, 2.75) is 293 Å². The van der Waals surface area contributed by atoms with E-state index < -0.39 is 86.8 Å². The van der Waals surface area contributed by atoms with E-state index in [4.69, 9.17) is 18.9 Å². The molecule has 0 saturated carbocycles. The molecule has 2 heterocycles. The molecule has 470 valence electrons. The molecule has 12 unspecified atom stereocenters. The highest BCUT2D eigenvalue weighted by molar-refractivity contribution is 5.76. The second-order valence-electron chi connectivity index (χ2n) is 22.1. The molecular formula is C68H115NO13. The van der Waals surface area contributed by atoms with E-state index in [9.17, 15) is 45.6 Å². The lowest BCUT2D eigenvalue weighted by atomic mass is 9.97. The van der Waals surface area contributed by atoms with Crippen LogP contribution in [0.3, 0.4) is 0 Å². The number of allylic oxidation sites excluding steroid dienone is 17. The van der Waals surface area contributed by atoms with E-state index in [1.165, 1.54) is 109 Å². The molecule has 12 atom stereocenters. The largest absolute Gasteiger partial charge is 0.394 e. The van der Waals surface area contributed by atoms with Crippen LogP contribution in [0.1, 0.15) is 219 Å². The van der Waals surface area contributed by atoms with Crippen LogP contribution in [0, 0.1) is 0 Å². The van der Waals surface area contributed by atoms with Gasteiger partial charge in [0, 0.05) is 6.42 Å². The molecule has 1 amide bonds. The predicted octanol–water partition coefficient (Wildman–Crippen LogP) is 12.0. The Labute approximate surface area is 495 Å². The number of ether oxygens (including phenoxy) is 4. The summed E-state index contributed by atoms with van der Waals surface area (Å²) in [5.74, 6) is -0.255. The maximum absolute atomic E-state index is 13.2. The Hall–Kier alpha value is -3.35. The maximum Gasteiger partial charge on any atom is 0.220 e. The summed E-state index contributed by atoms with van der Waals surface area (Å²) in [7, 11) is 0. The number of rotatable bonds is 50. The van der Waals surface area contributed by atoms with Crippen molar-refractivity contribution in [3.05, 3.63) is 109 Å². The van der Waals surface area contributed by atoms with Crippen LogP contribution in [0.15, 0.2) is 109 Å². The van der Waals surface area contributed by atoms with E-state index in [0.29, 0.717) is 12.8 Å². The molecule has 2 aliphatic rings. The third-order valence-corrected chi connectivity index (χ3v) is 14.9. The van der Waals surface area contributed by atoms with Gasteiger partial charge in [0.25, 0.3) is 0 Å². The summed E-state index contributed by atoms with van der Waals surface area (Å²) >= 11 is 0. The highest BCUT2D eigenvalue weighted by Gasteiger charge is 2.51. The molecule has 0 spiro atoms. The van der Waals surface area contributed by atoms with Gasteiger partial charge in [0.2, 0.25) is 5.91 Å². The summed E-state index contributed by atoms with van der Waals surface area (Å²) in [5.41, 5.74) is 0. The van der Waals surface area contributed by atoms with Gasteiger partial charge in [-0.25, -0.2) is 0 Å². The van der Waals surface area contributed by atoms with Crippen molar-refractivity contribution in [1.29, 1.82) is 0 Å². The molecule has 0 aromatic heterocycles. The van der Waals surface area contributed by atoms with Crippen molar-refractivity contribution in [2.75, 3.05) is 19.8 Å². The van der Waals surface area contributed by atoms with Gasteiger partial charge in [-0.2, -0.15) is 0 Å². The topological polar surface area (TPSA) is 228 Å². The fourth-order valence-electron chi connectivity index (χ4n) is 9.82. The van der Waals surface area contributed by atoms with E-state index in [1.807, 2.05) is 6.08 Å². The first-order valence-corrected chi connectivity index (χ1v) is 32.1. The lowest BCUT2D eigenvalue weighted by molar-refractivity contribution is -0.359. The van der Waals surface area contributed by atoms with Gasteiger partial charge < -0.3 is 65.1 Å². The van der Waals surface area contributed by atoms with Gasteiger partial charge in [-0.3, -0.25) is 4.79 Å². The summed E-state index contributed by atoms with van der Waals surface area (Å²) < 4.78 is 22.7. The zero-order chi connectivity index (χ0) is 59.5. The van der Waals surface area contributed by atoms with Crippen LogP contribution in [0.2, 0.25) is 0 Å². The van der Waals surface area contributed by atoms with Gasteiger partial charge >= 0.3 is 0 Å². The smallest absolute Gasteiger partial charge is 0.220 e. The van der Waals surface area contributed by atoms with Crippen LogP contribution in [0.5, 0.6) is 0 Å². The van der Waals surface area contributed by atoms with E-state index >= 15 is 0 Å². The second kappa shape index (κ2) is 52.0. The summed E-state index contributed by atoms with van der Waals surface area (Å²) in [4.78, 5) is 13.2. The highest BCUT2D eigenvalue weighted by atomic mass is 16.7. The Morgan fingerprint density at radius 2 is 0.854 bits per heavy atom. The molecule has 0 aromatic rings. The van der Waals surface area contributed by atoms with E-state index in [0.717, 1.165) is 77.0 Å². The van der Waals surface area contributed by atoms with Crippen molar-refractivity contribution >= 4 is 5.91 Å². The summed E-state index contributed by atoms with van der Waals surface area (Å²) in [6, 6.07) is -0.935. The van der Waals surface area contributed by atoms with Crippen LogP contribution >= 0.6 is 0 Å². The van der Waals surface area contributed by atoms with Crippen LogP contribution < -0.4 is 5.32 Å². The molecule has 0 aliphatic carbocycles. The number of aliphatic hydroxyl groups is 8. The van der Waals surface area contributed by atoms with Gasteiger partial charge in [0.15, 0.2) is 12.6 Å². The molecule has 2 saturated heterocycles. The van der Waals surface area contributed by atoms with E-state index in [2.05, 4.69) is 116 Å². The number of amides is 1. The molecule has 2 rings (SSSR count). The van der Waals surface area contributed by atoms with Crippen LogP contribution in [-0.2, 0) is 23.7 Å². The average Bonchev–Trinajstić information content (AvgIpc) is 3.22. The molecular weight excluding hydrogens is 1040 g/mol. The molecule has 2 fully saturated rings. The molecule has 9 N–H and O–H groups in total. The Kier molecular flexibility index (Phi) is 47.4. The minimum Gasteiger partial charge on any atom is -0.394 e. The minimum absolute atomic E-state index is 0.255. The van der Waals surface area contributed by atoms with Gasteiger partial charge in [-0.15, -0.1) is 0 Å². The summed E-state index contributed by atoms with van der Waals surface area (Å²) in [6.07, 6.45) is 57.3. The number of nitrogens with one attached hydrogen (secondary N) is 1. The number of hydrogen-bond acceptors (Lipinski definition) is 13. The van der Waals surface area contributed by atoms with E-state index in [1.54, 1.807) is 6.08 Å². The lowest BCUT2D eigenvalue weighted by Gasteiger charge is -2.46. The quantitative estimate of drug-likeness (QED) is 0.0204. The molecule has 14 heteroatoms. The third-order valence-electron chi connectivity index (χ3n) is 14.9. The first kappa shape index (κ1) is 74.7. The fraction of sp³-hybridized carbons (Fsp3) is 0.721. The van der Waals surface area contributed by atoms with Gasteiger partial charge in [-0.05, 0) is 89.9 Å². The number of aliphatic hydroxyl groups excluding tert-OH is 8. The third kappa shape index (κ3) is 36.5. The van der Waals surface area contributed by atoms with Gasteiger partial charge in [0.1, 0.15) is 48.8 Å². The van der Waals surface area contributed by atoms with Gasteiger partial charge in [-0.1, -0.05) is 232 Å². The highest BCUT2D eigenvalue weighted by Crippen LogP contribution is 2.30. The van der Waals surface area contributed by atoms with Crippen molar-refractivity contribution in [2.24, 2.45) is 0 Å².